The zero-order chi connectivity index (χ0) is 36.8. The summed E-state index contributed by atoms with van der Waals surface area (Å²) in [4.78, 5) is 37.1. The quantitative estimate of drug-likeness (QED) is 0.0359. The minimum atomic E-state index is -0.755. The SMILES string of the molecule is CCCCCCCC(=O)OC[C@H](COC(=O)CCCCCCCCCCCCCCCCCCCCC(C)CC)OC(=O)CCCCCCC. The number of rotatable bonds is 39. The van der Waals surface area contributed by atoms with Crippen LogP contribution >= 0.6 is 0 Å². The molecular formula is C44H84O6. The van der Waals surface area contributed by atoms with Gasteiger partial charge >= 0.3 is 17.9 Å². The van der Waals surface area contributed by atoms with Crippen LogP contribution in [0.3, 0.4) is 0 Å². The Morgan fingerprint density at radius 2 is 0.700 bits per heavy atom. The van der Waals surface area contributed by atoms with Crippen molar-refractivity contribution in [1.29, 1.82) is 0 Å². The maximum Gasteiger partial charge on any atom is 0.306 e. The molecular weight excluding hydrogens is 624 g/mol. The van der Waals surface area contributed by atoms with Gasteiger partial charge in [-0.1, -0.05) is 201 Å². The minimum absolute atomic E-state index is 0.0665. The van der Waals surface area contributed by atoms with Gasteiger partial charge in [-0.05, 0) is 25.2 Å². The third-order valence-electron chi connectivity index (χ3n) is 10.2. The molecule has 0 aromatic heterocycles. The highest BCUT2D eigenvalue weighted by molar-refractivity contribution is 5.71. The Labute approximate surface area is 310 Å². The molecule has 0 N–H and O–H groups in total. The smallest absolute Gasteiger partial charge is 0.306 e. The van der Waals surface area contributed by atoms with Gasteiger partial charge in [0.05, 0.1) is 0 Å². The first-order valence-corrected chi connectivity index (χ1v) is 21.9. The van der Waals surface area contributed by atoms with Gasteiger partial charge in [-0.25, -0.2) is 0 Å². The van der Waals surface area contributed by atoms with E-state index in [1.54, 1.807) is 0 Å². The molecule has 0 aromatic rings. The first-order valence-electron chi connectivity index (χ1n) is 21.9. The van der Waals surface area contributed by atoms with Crippen LogP contribution in [0.15, 0.2) is 0 Å². The Balaban J connectivity index is 3.90. The van der Waals surface area contributed by atoms with Gasteiger partial charge in [-0.3, -0.25) is 14.4 Å². The van der Waals surface area contributed by atoms with Crippen LogP contribution < -0.4 is 0 Å². The monoisotopic (exact) mass is 709 g/mol. The zero-order valence-corrected chi connectivity index (χ0v) is 33.9. The predicted octanol–water partition coefficient (Wildman–Crippen LogP) is 13.6. The van der Waals surface area contributed by atoms with Crippen molar-refractivity contribution in [3.05, 3.63) is 0 Å². The third-order valence-corrected chi connectivity index (χ3v) is 10.2. The summed E-state index contributed by atoms with van der Waals surface area (Å²) in [6.45, 7) is 8.88. The minimum Gasteiger partial charge on any atom is -0.462 e. The standard InChI is InChI=1S/C44H84O6/c1-5-8-10-26-31-35-42(45)48-38-41(50-44(47)37-33-27-11-9-6-2)39-49-43(46)36-32-29-25-23-21-19-17-15-13-12-14-16-18-20-22-24-28-30-34-40(4)7-3/h40-41H,5-39H2,1-4H3/t40?,41-/m1/s1. The highest BCUT2D eigenvalue weighted by Crippen LogP contribution is 2.17. The van der Waals surface area contributed by atoms with E-state index >= 15 is 0 Å². The number of esters is 3. The molecule has 0 rings (SSSR count). The van der Waals surface area contributed by atoms with E-state index < -0.39 is 6.10 Å². The van der Waals surface area contributed by atoms with Gasteiger partial charge in [0.25, 0.3) is 0 Å². The number of ether oxygens (including phenoxy) is 3. The molecule has 0 saturated heterocycles. The molecule has 0 spiro atoms. The summed E-state index contributed by atoms with van der Waals surface area (Å²) >= 11 is 0. The molecule has 0 aromatic carbocycles. The van der Waals surface area contributed by atoms with Crippen molar-refractivity contribution in [1.82, 2.24) is 0 Å². The van der Waals surface area contributed by atoms with Crippen LogP contribution in [0.1, 0.15) is 240 Å². The fourth-order valence-corrected chi connectivity index (χ4v) is 6.42. The van der Waals surface area contributed by atoms with E-state index in [2.05, 4.69) is 27.7 Å². The molecule has 0 aliphatic rings. The molecule has 6 heteroatoms. The largest absolute Gasteiger partial charge is 0.462 e. The summed E-state index contributed by atoms with van der Waals surface area (Å²) < 4.78 is 16.4. The van der Waals surface area contributed by atoms with Gasteiger partial charge < -0.3 is 14.2 Å². The van der Waals surface area contributed by atoms with E-state index in [0.717, 1.165) is 76.5 Å². The number of hydrogen-bond donors (Lipinski definition) is 0. The van der Waals surface area contributed by atoms with Gasteiger partial charge in [-0.2, -0.15) is 0 Å². The van der Waals surface area contributed by atoms with Gasteiger partial charge in [0.15, 0.2) is 6.10 Å². The van der Waals surface area contributed by atoms with Crippen LogP contribution in [-0.2, 0) is 28.6 Å². The van der Waals surface area contributed by atoms with Crippen LogP contribution in [-0.4, -0.2) is 37.2 Å². The lowest BCUT2D eigenvalue weighted by molar-refractivity contribution is -0.167. The maximum atomic E-state index is 12.4. The molecule has 0 radical (unpaired) electrons. The molecule has 296 valence electrons. The van der Waals surface area contributed by atoms with E-state index in [-0.39, 0.29) is 31.1 Å². The summed E-state index contributed by atoms with van der Waals surface area (Å²) in [6, 6.07) is 0. The van der Waals surface area contributed by atoms with Crippen molar-refractivity contribution in [2.45, 2.75) is 246 Å². The van der Waals surface area contributed by atoms with Crippen LogP contribution in [0.4, 0.5) is 0 Å². The molecule has 50 heavy (non-hydrogen) atoms. The second-order valence-electron chi connectivity index (χ2n) is 15.2. The number of unbranched alkanes of at least 4 members (excludes halogenated alkanes) is 25. The second-order valence-corrected chi connectivity index (χ2v) is 15.2. The molecule has 0 bridgehead atoms. The Hall–Kier alpha value is -1.59. The van der Waals surface area contributed by atoms with Gasteiger partial charge in [-0.15, -0.1) is 0 Å². The summed E-state index contributed by atoms with van der Waals surface area (Å²) in [5.74, 6) is 0.0225. The van der Waals surface area contributed by atoms with E-state index in [0.29, 0.717) is 19.3 Å². The summed E-state index contributed by atoms with van der Waals surface area (Å²) in [5.41, 5.74) is 0. The Morgan fingerprint density at radius 3 is 1.04 bits per heavy atom. The van der Waals surface area contributed by atoms with Crippen molar-refractivity contribution in [3.8, 4) is 0 Å². The predicted molar refractivity (Wildman–Crippen MR) is 210 cm³/mol. The van der Waals surface area contributed by atoms with Gasteiger partial charge in [0, 0.05) is 19.3 Å². The van der Waals surface area contributed by atoms with Crippen molar-refractivity contribution in [2.75, 3.05) is 13.2 Å². The summed E-state index contributed by atoms with van der Waals surface area (Å²) in [6.07, 6.45) is 37.3. The van der Waals surface area contributed by atoms with Crippen LogP contribution in [0.25, 0.3) is 0 Å². The van der Waals surface area contributed by atoms with Gasteiger partial charge in [0.2, 0.25) is 0 Å². The average Bonchev–Trinajstić information content (AvgIpc) is 3.11. The van der Waals surface area contributed by atoms with E-state index in [9.17, 15) is 14.4 Å². The number of hydrogen-bond acceptors (Lipinski definition) is 6. The van der Waals surface area contributed by atoms with Crippen LogP contribution in [0, 0.1) is 5.92 Å². The molecule has 0 fully saturated rings. The van der Waals surface area contributed by atoms with Crippen LogP contribution in [0.2, 0.25) is 0 Å². The Morgan fingerprint density at radius 1 is 0.400 bits per heavy atom. The molecule has 1 unspecified atom stereocenters. The van der Waals surface area contributed by atoms with E-state index in [1.807, 2.05) is 0 Å². The van der Waals surface area contributed by atoms with Gasteiger partial charge in [0.1, 0.15) is 13.2 Å². The van der Waals surface area contributed by atoms with Crippen molar-refractivity contribution >= 4 is 17.9 Å². The fraction of sp³-hybridized carbons (Fsp3) is 0.932. The number of carbonyl (C=O) groups excluding carboxylic acids is 3. The summed E-state index contributed by atoms with van der Waals surface area (Å²) in [7, 11) is 0. The first-order chi connectivity index (χ1) is 24.4. The Bertz CT molecular complexity index is 753. The molecule has 2 atom stereocenters. The molecule has 0 aliphatic carbocycles. The molecule has 0 heterocycles. The topological polar surface area (TPSA) is 78.9 Å². The van der Waals surface area contributed by atoms with Crippen LogP contribution in [0.5, 0.6) is 0 Å². The lowest BCUT2D eigenvalue weighted by atomic mass is 9.99. The molecule has 0 aliphatic heterocycles. The van der Waals surface area contributed by atoms with Crippen molar-refractivity contribution in [3.63, 3.8) is 0 Å². The molecule has 0 saturated carbocycles. The normalized spacial score (nSPS) is 12.5. The zero-order valence-electron chi connectivity index (χ0n) is 33.9. The average molecular weight is 709 g/mol. The third kappa shape index (κ3) is 36.2. The lowest BCUT2D eigenvalue weighted by Crippen LogP contribution is -2.30. The van der Waals surface area contributed by atoms with E-state index in [1.165, 1.54) is 122 Å². The lowest BCUT2D eigenvalue weighted by Gasteiger charge is -2.18. The molecule has 6 nitrogen and oxygen atoms in total. The van der Waals surface area contributed by atoms with E-state index in [4.69, 9.17) is 14.2 Å². The Kier molecular flexibility index (Phi) is 37.4. The highest BCUT2D eigenvalue weighted by atomic mass is 16.6. The van der Waals surface area contributed by atoms with Crippen molar-refractivity contribution < 1.29 is 28.6 Å². The fourth-order valence-electron chi connectivity index (χ4n) is 6.42. The summed E-state index contributed by atoms with van der Waals surface area (Å²) in [5, 5.41) is 0. The second kappa shape index (κ2) is 38.6. The van der Waals surface area contributed by atoms with Crippen molar-refractivity contribution in [2.24, 2.45) is 5.92 Å². The first kappa shape index (κ1) is 48.4. The number of carbonyl (C=O) groups is 3. The highest BCUT2D eigenvalue weighted by Gasteiger charge is 2.19. The maximum absolute atomic E-state index is 12.4. The molecule has 0 amide bonds.